The van der Waals surface area contributed by atoms with Crippen LogP contribution in [0.5, 0.6) is 5.75 Å². The molecule has 6 nitrogen and oxygen atoms in total. The number of rotatable bonds is 5. The highest BCUT2D eigenvalue weighted by Crippen LogP contribution is 2.26. The number of hydrogen-bond donors (Lipinski definition) is 2. The van der Waals surface area contributed by atoms with Gasteiger partial charge in [0.2, 0.25) is 0 Å². The van der Waals surface area contributed by atoms with Crippen LogP contribution in [0.4, 0.5) is 18.9 Å². The zero-order valence-electron chi connectivity index (χ0n) is 10.7. The van der Waals surface area contributed by atoms with Gasteiger partial charge in [-0.25, -0.2) is 0 Å². The lowest BCUT2D eigenvalue weighted by molar-refractivity contribution is -0.173. The molecule has 0 bridgehead atoms. The van der Waals surface area contributed by atoms with Gasteiger partial charge in [-0.15, -0.1) is 0 Å². The molecule has 9 heteroatoms. The minimum absolute atomic E-state index is 0.0839. The number of phenolic OH excluding ortho intramolecular Hbond substituents is 1. The molecule has 21 heavy (non-hydrogen) atoms. The van der Waals surface area contributed by atoms with E-state index < -0.39 is 12.8 Å². The minimum atomic E-state index is -4.36. The van der Waals surface area contributed by atoms with Crippen molar-refractivity contribution in [3.05, 3.63) is 24.0 Å². The standard InChI is InChI=1S/C12H12F3N3O3/c13-12(14,15)6-20-4-3-10-17-11(21-18-10)7-1-2-8(16)9(19)5-7/h1-2,5,19H,3-4,6,16H2. The number of nitrogens with zero attached hydrogens (tertiary/aromatic N) is 2. The second-order valence-electron chi connectivity index (χ2n) is 4.21. The molecule has 1 aromatic carbocycles. The minimum Gasteiger partial charge on any atom is -0.506 e. The lowest BCUT2D eigenvalue weighted by Gasteiger charge is -2.05. The maximum absolute atomic E-state index is 11.9. The van der Waals surface area contributed by atoms with Crippen LogP contribution in [-0.2, 0) is 11.2 Å². The summed E-state index contributed by atoms with van der Waals surface area (Å²) in [5.74, 6) is 0.223. The Morgan fingerprint density at radius 1 is 1.33 bits per heavy atom. The van der Waals surface area contributed by atoms with E-state index in [9.17, 15) is 18.3 Å². The van der Waals surface area contributed by atoms with Crippen LogP contribution in [0.1, 0.15) is 5.82 Å². The molecule has 0 aliphatic carbocycles. The van der Waals surface area contributed by atoms with E-state index in [0.29, 0.717) is 5.56 Å². The number of phenols is 1. The highest BCUT2D eigenvalue weighted by molar-refractivity contribution is 5.63. The average molecular weight is 303 g/mol. The first-order chi connectivity index (χ1) is 9.85. The first-order valence-electron chi connectivity index (χ1n) is 5.91. The Balaban J connectivity index is 1.93. The molecule has 1 heterocycles. The summed E-state index contributed by atoms with van der Waals surface area (Å²) in [6.45, 7) is -1.49. The van der Waals surface area contributed by atoms with Gasteiger partial charge in [-0.3, -0.25) is 0 Å². The topological polar surface area (TPSA) is 94.4 Å². The van der Waals surface area contributed by atoms with Gasteiger partial charge in [0, 0.05) is 12.0 Å². The Hall–Kier alpha value is -2.29. The molecule has 114 valence electrons. The van der Waals surface area contributed by atoms with Gasteiger partial charge in [0.15, 0.2) is 5.82 Å². The first kappa shape index (κ1) is 15.1. The Morgan fingerprint density at radius 3 is 2.76 bits per heavy atom. The van der Waals surface area contributed by atoms with Crippen LogP contribution in [0.15, 0.2) is 22.7 Å². The van der Waals surface area contributed by atoms with Crippen molar-refractivity contribution in [2.24, 2.45) is 0 Å². The molecule has 0 aliphatic rings. The highest BCUT2D eigenvalue weighted by atomic mass is 19.4. The molecule has 0 saturated heterocycles. The Morgan fingerprint density at radius 2 is 2.10 bits per heavy atom. The fraction of sp³-hybridized carbons (Fsp3) is 0.333. The smallest absolute Gasteiger partial charge is 0.411 e. The highest BCUT2D eigenvalue weighted by Gasteiger charge is 2.27. The zero-order chi connectivity index (χ0) is 15.5. The van der Waals surface area contributed by atoms with Crippen molar-refractivity contribution in [1.82, 2.24) is 10.1 Å². The third-order valence-corrected chi connectivity index (χ3v) is 2.48. The Labute approximate surface area is 117 Å². The van der Waals surface area contributed by atoms with Gasteiger partial charge in [-0.05, 0) is 18.2 Å². The van der Waals surface area contributed by atoms with Crippen molar-refractivity contribution in [1.29, 1.82) is 0 Å². The van der Waals surface area contributed by atoms with E-state index in [4.69, 9.17) is 10.3 Å². The van der Waals surface area contributed by atoms with Crippen LogP contribution in [0.3, 0.4) is 0 Å². The normalized spacial score (nSPS) is 11.8. The zero-order valence-corrected chi connectivity index (χ0v) is 10.7. The van der Waals surface area contributed by atoms with Gasteiger partial charge in [-0.2, -0.15) is 18.2 Å². The van der Waals surface area contributed by atoms with Crippen LogP contribution in [0.2, 0.25) is 0 Å². The summed E-state index contributed by atoms with van der Waals surface area (Å²) in [6.07, 6.45) is -4.27. The van der Waals surface area contributed by atoms with Gasteiger partial charge in [0.05, 0.1) is 12.3 Å². The second kappa shape index (κ2) is 6.00. The lowest BCUT2D eigenvalue weighted by Crippen LogP contribution is -2.18. The lowest BCUT2D eigenvalue weighted by atomic mass is 10.2. The van der Waals surface area contributed by atoms with E-state index in [-0.39, 0.29) is 36.2 Å². The van der Waals surface area contributed by atoms with Crippen LogP contribution in [-0.4, -0.2) is 34.6 Å². The number of nitrogen functional groups attached to an aromatic ring is 1. The molecule has 2 aromatic rings. The molecule has 0 radical (unpaired) electrons. The van der Waals surface area contributed by atoms with E-state index in [1.807, 2.05) is 0 Å². The predicted octanol–water partition coefficient (Wildman–Crippen LogP) is 2.15. The number of hydrogen-bond acceptors (Lipinski definition) is 6. The summed E-state index contributed by atoms with van der Waals surface area (Å²) >= 11 is 0. The Kier molecular flexibility index (Phi) is 4.32. The van der Waals surface area contributed by atoms with E-state index in [2.05, 4.69) is 14.9 Å². The third-order valence-electron chi connectivity index (χ3n) is 2.48. The molecule has 0 amide bonds. The van der Waals surface area contributed by atoms with Crippen molar-refractivity contribution in [2.45, 2.75) is 12.6 Å². The number of aromatic nitrogens is 2. The average Bonchev–Trinajstić information content (AvgIpc) is 2.86. The van der Waals surface area contributed by atoms with Gasteiger partial charge >= 0.3 is 6.18 Å². The maximum atomic E-state index is 11.9. The predicted molar refractivity (Wildman–Crippen MR) is 66.4 cm³/mol. The summed E-state index contributed by atoms with van der Waals surface area (Å²) in [7, 11) is 0. The van der Waals surface area contributed by atoms with Gasteiger partial charge in [0.1, 0.15) is 12.4 Å². The van der Waals surface area contributed by atoms with Crippen LogP contribution in [0.25, 0.3) is 11.5 Å². The van der Waals surface area contributed by atoms with E-state index in [0.717, 1.165) is 0 Å². The van der Waals surface area contributed by atoms with E-state index >= 15 is 0 Å². The molecule has 0 aliphatic heterocycles. The molecule has 1 aromatic heterocycles. The van der Waals surface area contributed by atoms with Gasteiger partial charge < -0.3 is 20.1 Å². The van der Waals surface area contributed by atoms with Crippen molar-refractivity contribution in [3.8, 4) is 17.2 Å². The maximum Gasteiger partial charge on any atom is 0.411 e. The number of nitrogens with two attached hydrogens (primary N) is 1. The summed E-state index contributed by atoms with van der Waals surface area (Å²) in [5.41, 5.74) is 6.13. The van der Waals surface area contributed by atoms with E-state index in [1.54, 1.807) is 6.07 Å². The van der Waals surface area contributed by atoms with Gasteiger partial charge in [-0.1, -0.05) is 5.16 Å². The van der Waals surface area contributed by atoms with E-state index in [1.165, 1.54) is 12.1 Å². The molecule has 3 N–H and O–H groups in total. The second-order valence-corrected chi connectivity index (χ2v) is 4.21. The summed E-state index contributed by atoms with van der Waals surface area (Å²) < 4.78 is 45.0. The fourth-order valence-electron chi connectivity index (χ4n) is 1.50. The molecular formula is C12H12F3N3O3. The molecular weight excluding hydrogens is 291 g/mol. The molecule has 0 fully saturated rings. The molecule has 0 atom stereocenters. The third kappa shape index (κ3) is 4.35. The number of alkyl halides is 3. The Bertz CT molecular complexity index is 613. The number of benzene rings is 1. The molecule has 0 spiro atoms. The summed E-state index contributed by atoms with van der Waals surface area (Å²) in [6, 6.07) is 4.40. The fourth-order valence-corrected chi connectivity index (χ4v) is 1.50. The van der Waals surface area contributed by atoms with Crippen LogP contribution >= 0.6 is 0 Å². The monoisotopic (exact) mass is 303 g/mol. The molecule has 0 unspecified atom stereocenters. The van der Waals surface area contributed by atoms with Crippen molar-refractivity contribution in [3.63, 3.8) is 0 Å². The number of ether oxygens (including phenoxy) is 1. The number of halogens is 3. The van der Waals surface area contributed by atoms with Crippen molar-refractivity contribution in [2.75, 3.05) is 18.9 Å². The largest absolute Gasteiger partial charge is 0.506 e. The van der Waals surface area contributed by atoms with Crippen LogP contribution in [0, 0.1) is 0 Å². The van der Waals surface area contributed by atoms with Crippen LogP contribution < -0.4 is 5.73 Å². The number of anilines is 1. The first-order valence-corrected chi connectivity index (χ1v) is 5.91. The van der Waals surface area contributed by atoms with Crippen molar-refractivity contribution >= 4 is 5.69 Å². The molecule has 0 saturated carbocycles. The summed E-state index contributed by atoms with van der Waals surface area (Å²) in [4.78, 5) is 3.99. The molecule has 2 rings (SSSR count). The van der Waals surface area contributed by atoms with Crippen molar-refractivity contribution < 1.29 is 27.5 Å². The quantitative estimate of drug-likeness (QED) is 0.499. The van der Waals surface area contributed by atoms with Gasteiger partial charge in [0.25, 0.3) is 5.89 Å². The number of aromatic hydroxyl groups is 1. The summed E-state index contributed by atoms with van der Waals surface area (Å²) in [5, 5.41) is 13.1. The SMILES string of the molecule is Nc1ccc(-c2nc(CCOCC(F)(F)F)no2)cc1O.